The molecule has 2 amide bonds. The summed E-state index contributed by atoms with van der Waals surface area (Å²) in [5, 5.41) is 20.3. The van der Waals surface area contributed by atoms with Crippen molar-refractivity contribution in [3.05, 3.63) is 66.0 Å². The van der Waals surface area contributed by atoms with E-state index >= 15 is 0 Å². The van der Waals surface area contributed by atoms with Crippen LogP contribution in [0.3, 0.4) is 0 Å². The Hall–Kier alpha value is -3.98. The van der Waals surface area contributed by atoms with Gasteiger partial charge in [0.05, 0.1) is 16.9 Å². The summed E-state index contributed by atoms with van der Waals surface area (Å²) in [6.07, 6.45) is 3.18. The van der Waals surface area contributed by atoms with Crippen molar-refractivity contribution < 1.29 is 14.7 Å². The summed E-state index contributed by atoms with van der Waals surface area (Å²) in [5.41, 5.74) is 8.65. The average molecular weight is 459 g/mol. The third-order valence-corrected chi connectivity index (χ3v) is 6.51. The molecule has 0 bridgehead atoms. The van der Waals surface area contributed by atoms with E-state index in [-0.39, 0.29) is 11.6 Å². The first-order valence-electron chi connectivity index (χ1n) is 11.1. The molecule has 1 atom stereocenters. The van der Waals surface area contributed by atoms with Crippen molar-refractivity contribution in [1.82, 2.24) is 24.5 Å². The molecule has 1 saturated heterocycles. The van der Waals surface area contributed by atoms with Crippen LogP contribution in [0.5, 0.6) is 0 Å². The van der Waals surface area contributed by atoms with E-state index in [9.17, 15) is 14.7 Å². The van der Waals surface area contributed by atoms with E-state index in [4.69, 9.17) is 5.73 Å². The van der Waals surface area contributed by atoms with E-state index in [1.807, 2.05) is 61.8 Å². The number of carbonyl (C=O) groups excluding carboxylic acids is 2. The number of aryl methyl sites for hydroxylation is 2. The van der Waals surface area contributed by atoms with Gasteiger partial charge < -0.3 is 15.7 Å². The summed E-state index contributed by atoms with van der Waals surface area (Å²) in [4.78, 5) is 26.0. The van der Waals surface area contributed by atoms with Crippen LogP contribution in [0.2, 0.25) is 0 Å². The number of rotatable bonds is 6. The zero-order valence-electron chi connectivity index (χ0n) is 19.1. The molecule has 1 fully saturated rings. The molecule has 0 spiro atoms. The summed E-state index contributed by atoms with van der Waals surface area (Å²) < 4.78 is 3.42. The molecule has 5 rings (SSSR count). The zero-order chi connectivity index (χ0) is 24.0. The molecule has 1 unspecified atom stereocenters. The molecule has 2 aromatic heterocycles. The van der Waals surface area contributed by atoms with E-state index in [1.54, 1.807) is 21.3 Å². The first-order chi connectivity index (χ1) is 16.2. The summed E-state index contributed by atoms with van der Waals surface area (Å²) >= 11 is 0. The Morgan fingerprint density at radius 1 is 1.15 bits per heavy atom. The third kappa shape index (κ3) is 3.73. The molecule has 4 aromatic rings. The van der Waals surface area contributed by atoms with Crippen LogP contribution in [-0.4, -0.2) is 60.6 Å². The molecule has 3 N–H and O–H groups in total. The van der Waals surface area contributed by atoms with Crippen molar-refractivity contribution in [1.29, 1.82) is 0 Å². The van der Waals surface area contributed by atoms with Crippen LogP contribution >= 0.6 is 0 Å². The van der Waals surface area contributed by atoms with Gasteiger partial charge in [-0.1, -0.05) is 18.2 Å². The Labute approximate surface area is 196 Å². The molecule has 9 nitrogen and oxygen atoms in total. The maximum atomic E-state index is 12.3. The Morgan fingerprint density at radius 2 is 1.97 bits per heavy atom. The topological polar surface area (TPSA) is 119 Å². The standard InChI is InChI=1S/C25H26N6O3/c1-29-13-11-25(34,24(29)33)10-8-16-4-3-5-18(14-16)31-21-7-6-17(20-9-12-30(2)27-20)15-19(21)22(28-31)23(26)32/h3-7,9,12,14-15,34H,8,10-11,13H2,1-2H3,(H2,26,32). The molecule has 0 radical (unpaired) electrons. The number of nitrogens with zero attached hydrogens (tertiary/aromatic N) is 5. The highest BCUT2D eigenvalue weighted by Gasteiger charge is 2.42. The van der Waals surface area contributed by atoms with Crippen molar-refractivity contribution in [2.45, 2.75) is 24.9 Å². The average Bonchev–Trinajstić information content (AvgIpc) is 3.50. The van der Waals surface area contributed by atoms with Crippen molar-refractivity contribution in [3.63, 3.8) is 0 Å². The van der Waals surface area contributed by atoms with Gasteiger partial charge in [0.1, 0.15) is 5.60 Å². The highest BCUT2D eigenvalue weighted by molar-refractivity contribution is 6.05. The number of nitrogens with two attached hydrogens (primary N) is 1. The molecular formula is C25H26N6O3. The molecule has 1 aliphatic heterocycles. The predicted molar refractivity (Wildman–Crippen MR) is 127 cm³/mol. The molecular weight excluding hydrogens is 432 g/mol. The maximum Gasteiger partial charge on any atom is 0.269 e. The van der Waals surface area contributed by atoms with Gasteiger partial charge in [0.2, 0.25) is 0 Å². The molecule has 174 valence electrons. The van der Waals surface area contributed by atoms with Crippen LogP contribution in [0.25, 0.3) is 27.8 Å². The molecule has 2 aromatic carbocycles. The highest BCUT2D eigenvalue weighted by Crippen LogP contribution is 2.29. The van der Waals surface area contributed by atoms with Crippen molar-refractivity contribution in [2.75, 3.05) is 13.6 Å². The smallest absolute Gasteiger partial charge is 0.269 e. The van der Waals surface area contributed by atoms with Crippen LogP contribution in [0, 0.1) is 0 Å². The normalized spacial score (nSPS) is 18.2. The fraction of sp³-hybridized carbons (Fsp3) is 0.280. The lowest BCUT2D eigenvalue weighted by molar-refractivity contribution is -0.142. The van der Waals surface area contributed by atoms with Gasteiger partial charge in [-0.3, -0.25) is 14.3 Å². The fourth-order valence-corrected chi connectivity index (χ4v) is 4.57. The van der Waals surface area contributed by atoms with E-state index in [1.165, 1.54) is 0 Å². The van der Waals surface area contributed by atoms with Crippen LogP contribution in [0.1, 0.15) is 28.9 Å². The number of hydrogen-bond acceptors (Lipinski definition) is 5. The van der Waals surface area contributed by atoms with Gasteiger partial charge in [-0.25, -0.2) is 4.68 Å². The minimum absolute atomic E-state index is 0.187. The van der Waals surface area contributed by atoms with E-state index in [2.05, 4.69) is 10.2 Å². The first-order valence-corrected chi connectivity index (χ1v) is 11.1. The van der Waals surface area contributed by atoms with Crippen molar-refractivity contribution in [2.24, 2.45) is 12.8 Å². The number of hydrogen-bond donors (Lipinski definition) is 2. The molecule has 0 aliphatic carbocycles. The highest BCUT2D eigenvalue weighted by atomic mass is 16.3. The number of likely N-dealkylation sites (N-methyl/N-ethyl adjacent to an activating group) is 1. The number of benzene rings is 2. The second-order valence-corrected chi connectivity index (χ2v) is 8.91. The second-order valence-electron chi connectivity index (χ2n) is 8.91. The minimum atomic E-state index is -1.32. The quantitative estimate of drug-likeness (QED) is 0.458. The molecule has 0 saturated carbocycles. The van der Waals surface area contributed by atoms with Gasteiger partial charge in [0.15, 0.2) is 5.69 Å². The Bertz CT molecular complexity index is 1420. The van der Waals surface area contributed by atoms with Gasteiger partial charge in [0, 0.05) is 44.2 Å². The zero-order valence-corrected chi connectivity index (χ0v) is 19.1. The number of aliphatic hydroxyl groups is 1. The fourth-order valence-electron chi connectivity index (χ4n) is 4.57. The van der Waals surface area contributed by atoms with Crippen LogP contribution in [0.15, 0.2) is 54.7 Å². The summed E-state index contributed by atoms with van der Waals surface area (Å²) in [5.74, 6) is -0.833. The molecule has 1 aliphatic rings. The van der Waals surface area contributed by atoms with Gasteiger partial charge >= 0.3 is 0 Å². The SMILES string of the molecule is CN1CCC(O)(CCc2cccc(-n3nc(C(N)=O)c4cc(-c5ccn(C)n5)ccc43)c2)C1=O. The summed E-state index contributed by atoms with van der Waals surface area (Å²) in [7, 11) is 3.56. The summed E-state index contributed by atoms with van der Waals surface area (Å²) in [6, 6.07) is 15.3. The van der Waals surface area contributed by atoms with Crippen molar-refractivity contribution in [3.8, 4) is 16.9 Å². The van der Waals surface area contributed by atoms with Gasteiger partial charge in [-0.15, -0.1) is 0 Å². The number of fused-ring (bicyclic) bond motifs is 1. The van der Waals surface area contributed by atoms with E-state index in [0.29, 0.717) is 31.2 Å². The monoisotopic (exact) mass is 458 g/mol. The lowest BCUT2D eigenvalue weighted by Crippen LogP contribution is -2.38. The van der Waals surface area contributed by atoms with Crippen molar-refractivity contribution >= 4 is 22.7 Å². The number of aromatic nitrogens is 4. The first kappa shape index (κ1) is 21.8. The third-order valence-electron chi connectivity index (χ3n) is 6.51. The Morgan fingerprint density at radius 3 is 2.65 bits per heavy atom. The number of carbonyl (C=O) groups is 2. The van der Waals surface area contributed by atoms with Gasteiger partial charge in [0.25, 0.3) is 11.8 Å². The lowest BCUT2D eigenvalue weighted by Gasteiger charge is -2.20. The largest absolute Gasteiger partial charge is 0.380 e. The lowest BCUT2D eigenvalue weighted by atomic mass is 9.93. The number of likely N-dealkylation sites (tertiary alicyclic amines) is 1. The molecule has 3 heterocycles. The van der Waals surface area contributed by atoms with Crippen LogP contribution in [-0.2, 0) is 18.3 Å². The minimum Gasteiger partial charge on any atom is -0.380 e. The van der Waals surface area contributed by atoms with Crippen LogP contribution < -0.4 is 5.73 Å². The number of primary amides is 1. The van der Waals surface area contributed by atoms with Crippen LogP contribution in [0.4, 0.5) is 0 Å². The van der Waals surface area contributed by atoms with E-state index in [0.717, 1.165) is 28.0 Å². The maximum absolute atomic E-state index is 12.3. The molecule has 34 heavy (non-hydrogen) atoms. The Kier molecular flexibility index (Phi) is 5.21. The predicted octanol–water partition coefficient (Wildman–Crippen LogP) is 2.05. The van der Waals surface area contributed by atoms with E-state index < -0.39 is 11.5 Å². The van der Waals surface area contributed by atoms with Gasteiger partial charge in [-0.05, 0) is 48.7 Å². The molecule has 9 heteroatoms. The van der Waals surface area contributed by atoms with Gasteiger partial charge in [-0.2, -0.15) is 10.2 Å². The Balaban J connectivity index is 1.49. The number of amides is 2. The second kappa shape index (κ2) is 8.11. The summed E-state index contributed by atoms with van der Waals surface area (Å²) in [6.45, 7) is 0.561.